The number of carbonyl (C=O) groups excluding carboxylic acids is 2. The standard InChI is InChI=1S/C21H30N2O5S/c1-14-12-16-13-15(9-10-17(16)23(14)29(5,26)27)19(24)22-11-7-6-8-18(22)20(25)28-21(2,3)4/h9-10,13-14,18H,6-8,11-12H2,1-5H3/t14-,18+/m1/s1. The number of hydrogen-bond donors (Lipinski definition) is 0. The summed E-state index contributed by atoms with van der Waals surface area (Å²) in [6, 6.07) is 4.34. The van der Waals surface area contributed by atoms with Crippen molar-refractivity contribution in [3.8, 4) is 0 Å². The van der Waals surface area contributed by atoms with Crippen molar-refractivity contribution >= 4 is 27.6 Å². The summed E-state index contributed by atoms with van der Waals surface area (Å²) in [5.74, 6) is -0.586. The molecule has 0 aromatic heterocycles. The van der Waals surface area contributed by atoms with Gasteiger partial charge in [0.15, 0.2) is 0 Å². The van der Waals surface area contributed by atoms with Gasteiger partial charge in [-0.05, 0) is 77.1 Å². The van der Waals surface area contributed by atoms with Crippen LogP contribution in [-0.4, -0.2) is 55.7 Å². The molecular formula is C21H30N2O5S. The lowest BCUT2D eigenvalue weighted by molar-refractivity contribution is -0.161. The molecule has 160 valence electrons. The third-order valence-corrected chi connectivity index (χ3v) is 6.55. The van der Waals surface area contributed by atoms with Crippen LogP contribution < -0.4 is 4.31 Å². The molecule has 0 N–H and O–H groups in total. The molecule has 0 aliphatic carbocycles. The Balaban J connectivity index is 1.86. The zero-order chi connectivity index (χ0) is 21.6. The van der Waals surface area contributed by atoms with Gasteiger partial charge in [-0.2, -0.15) is 0 Å². The van der Waals surface area contributed by atoms with Crippen LogP contribution >= 0.6 is 0 Å². The van der Waals surface area contributed by atoms with Crippen molar-refractivity contribution < 1.29 is 22.7 Å². The van der Waals surface area contributed by atoms with E-state index >= 15 is 0 Å². The number of sulfonamides is 1. The molecule has 1 fully saturated rings. The predicted molar refractivity (Wildman–Crippen MR) is 111 cm³/mol. The summed E-state index contributed by atoms with van der Waals surface area (Å²) in [5, 5.41) is 0. The Kier molecular flexibility index (Phi) is 5.69. The molecule has 0 saturated carbocycles. The molecule has 0 radical (unpaired) electrons. The maximum absolute atomic E-state index is 13.2. The fourth-order valence-electron chi connectivity index (χ4n) is 4.20. The molecule has 1 amide bonds. The van der Waals surface area contributed by atoms with Crippen LogP contribution in [-0.2, 0) is 26.0 Å². The van der Waals surface area contributed by atoms with E-state index in [0.717, 1.165) is 18.4 Å². The van der Waals surface area contributed by atoms with Crippen LogP contribution in [0.2, 0.25) is 0 Å². The Bertz CT molecular complexity index is 919. The Morgan fingerprint density at radius 3 is 2.48 bits per heavy atom. The van der Waals surface area contributed by atoms with E-state index in [-0.39, 0.29) is 17.9 Å². The second-order valence-electron chi connectivity index (χ2n) is 9.00. The highest BCUT2D eigenvalue weighted by Gasteiger charge is 2.37. The van der Waals surface area contributed by atoms with Gasteiger partial charge >= 0.3 is 5.97 Å². The number of rotatable bonds is 3. The fraction of sp³-hybridized carbons (Fsp3) is 0.619. The molecule has 0 bridgehead atoms. The Morgan fingerprint density at radius 1 is 1.17 bits per heavy atom. The van der Waals surface area contributed by atoms with Crippen LogP contribution in [0, 0.1) is 0 Å². The minimum atomic E-state index is -3.38. The molecule has 2 aliphatic heterocycles. The van der Waals surface area contributed by atoms with Crippen molar-refractivity contribution in [1.29, 1.82) is 0 Å². The number of likely N-dealkylation sites (tertiary alicyclic amines) is 1. The molecule has 29 heavy (non-hydrogen) atoms. The first kappa shape index (κ1) is 21.6. The van der Waals surface area contributed by atoms with Crippen LogP contribution in [0.4, 0.5) is 5.69 Å². The largest absolute Gasteiger partial charge is 0.458 e. The molecule has 0 unspecified atom stereocenters. The average Bonchev–Trinajstić information content (AvgIpc) is 2.94. The molecule has 1 saturated heterocycles. The van der Waals surface area contributed by atoms with Crippen molar-refractivity contribution in [2.75, 3.05) is 17.1 Å². The first-order valence-electron chi connectivity index (χ1n) is 10.0. The van der Waals surface area contributed by atoms with Gasteiger partial charge in [0.25, 0.3) is 5.91 Å². The topological polar surface area (TPSA) is 84.0 Å². The summed E-state index contributed by atoms with van der Waals surface area (Å²) in [6.07, 6.45) is 4.05. The molecule has 2 aliphatic rings. The third kappa shape index (κ3) is 4.57. The summed E-state index contributed by atoms with van der Waals surface area (Å²) >= 11 is 0. The van der Waals surface area contributed by atoms with Gasteiger partial charge in [0.05, 0.1) is 11.9 Å². The van der Waals surface area contributed by atoms with Crippen molar-refractivity contribution in [3.05, 3.63) is 29.3 Å². The normalized spacial score (nSPS) is 22.4. The molecule has 1 aromatic rings. The Hall–Kier alpha value is -2.09. The lowest BCUT2D eigenvalue weighted by Crippen LogP contribution is -2.50. The number of nitrogens with zero attached hydrogens (tertiary/aromatic N) is 2. The van der Waals surface area contributed by atoms with Crippen LogP contribution in [0.25, 0.3) is 0 Å². The monoisotopic (exact) mass is 422 g/mol. The lowest BCUT2D eigenvalue weighted by Gasteiger charge is -2.35. The van der Waals surface area contributed by atoms with Crippen molar-refractivity contribution in [2.24, 2.45) is 0 Å². The number of benzene rings is 1. The summed E-state index contributed by atoms with van der Waals surface area (Å²) in [4.78, 5) is 27.5. The van der Waals surface area contributed by atoms with Crippen molar-refractivity contribution in [2.45, 2.75) is 71.1 Å². The quantitative estimate of drug-likeness (QED) is 0.700. The second-order valence-corrected chi connectivity index (χ2v) is 10.9. The van der Waals surface area contributed by atoms with Gasteiger partial charge in [0.1, 0.15) is 11.6 Å². The number of fused-ring (bicyclic) bond motifs is 1. The highest BCUT2D eigenvalue weighted by molar-refractivity contribution is 7.92. The maximum atomic E-state index is 13.2. The van der Waals surface area contributed by atoms with E-state index in [2.05, 4.69) is 0 Å². The SMILES string of the molecule is C[C@@H]1Cc2cc(C(=O)N3CCCC[C@H]3C(=O)OC(C)(C)C)ccc2N1S(C)(=O)=O. The van der Waals surface area contributed by atoms with Gasteiger partial charge in [0, 0.05) is 18.2 Å². The van der Waals surface area contributed by atoms with Crippen molar-refractivity contribution in [3.63, 3.8) is 0 Å². The number of piperidine rings is 1. The van der Waals surface area contributed by atoms with Gasteiger partial charge in [-0.25, -0.2) is 13.2 Å². The summed E-state index contributed by atoms with van der Waals surface area (Å²) in [7, 11) is -3.38. The predicted octanol–water partition coefficient (Wildman–Crippen LogP) is 2.73. The van der Waals surface area contributed by atoms with Crippen LogP contribution in [0.5, 0.6) is 0 Å². The summed E-state index contributed by atoms with van der Waals surface area (Å²) in [5.41, 5.74) is 1.32. The van der Waals surface area contributed by atoms with E-state index in [1.807, 2.05) is 27.7 Å². The number of hydrogen-bond acceptors (Lipinski definition) is 5. The smallest absolute Gasteiger partial charge is 0.329 e. The fourth-order valence-corrected chi connectivity index (χ4v) is 5.46. The number of ether oxygens (including phenoxy) is 1. The van der Waals surface area contributed by atoms with Gasteiger partial charge in [-0.3, -0.25) is 9.10 Å². The Labute approximate surface area is 173 Å². The van der Waals surface area contributed by atoms with E-state index in [0.29, 0.717) is 30.6 Å². The van der Waals surface area contributed by atoms with Crippen LogP contribution in [0.3, 0.4) is 0 Å². The van der Waals surface area contributed by atoms with Gasteiger partial charge in [0.2, 0.25) is 10.0 Å². The van der Waals surface area contributed by atoms with Crippen molar-refractivity contribution in [1.82, 2.24) is 4.90 Å². The minimum absolute atomic E-state index is 0.185. The minimum Gasteiger partial charge on any atom is -0.458 e. The number of anilines is 1. The highest BCUT2D eigenvalue weighted by atomic mass is 32.2. The van der Waals surface area contributed by atoms with E-state index in [4.69, 9.17) is 4.74 Å². The highest BCUT2D eigenvalue weighted by Crippen LogP contribution is 2.35. The van der Waals surface area contributed by atoms with E-state index < -0.39 is 21.7 Å². The number of carbonyl (C=O) groups is 2. The molecule has 0 spiro atoms. The van der Waals surface area contributed by atoms with Crippen LogP contribution in [0.15, 0.2) is 18.2 Å². The molecular weight excluding hydrogens is 392 g/mol. The lowest BCUT2D eigenvalue weighted by atomic mass is 9.99. The molecule has 2 heterocycles. The summed E-state index contributed by atoms with van der Waals surface area (Å²) in [6.45, 7) is 7.80. The zero-order valence-electron chi connectivity index (χ0n) is 17.8. The number of esters is 1. The maximum Gasteiger partial charge on any atom is 0.329 e. The Morgan fingerprint density at radius 2 is 1.86 bits per heavy atom. The van der Waals surface area contributed by atoms with E-state index in [1.54, 1.807) is 23.1 Å². The van der Waals surface area contributed by atoms with E-state index in [1.165, 1.54) is 10.6 Å². The van der Waals surface area contributed by atoms with Gasteiger partial charge in [-0.1, -0.05) is 0 Å². The van der Waals surface area contributed by atoms with E-state index in [9.17, 15) is 18.0 Å². The summed E-state index contributed by atoms with van der Waals surface area (Å²) < 4.78 is 31.1. The third-order valence-electron chi connectivity index (χ3n) is 5.28. The first-order chi connectivity index (χ1) is 13.4. The number of amides is 1. The zero-order valence-corrected chi connectivity index (χ0v) is 18.6. The van der Waals surface area contributed by atoms with Gasteiger partial charge < -0.3 is 9.64 Å². The van der Waals surface area contributed by atoms with Gasteiger partial charge in [-0.15, -0.1) is 0 Å². The molecule has 1 aromatic carbocycles. The second kappa shape index (κ2) is 7.63. The first-order valence-corrected chi connectivity index (χ1v) is 11.9. The molecule has 7 nitrogen and oxygen atoms in total. The molecule has 2 atom stereocenters. The van der Waals surface area contributed by atoms with Crippen LogP contribution in [0.1, 0.15) is 62.9 Å². The molecule has 8 heteroatoms. The average molecular weight is 423 g/mol. The molecule has 3 rings (SSSR count).